The van der Waals surface area contributed by atoms with E-state index in [0.29, 0.717) is 0 Å². The molecule has 0 heteroatoms. The van der Waals surface area contributed by atoms with E-state index in [4.69, 9.17) is 0 Å². The molecule has 0 saturated heterocycles. The molecule has 0 aromatic heterocycles. The predicted molar refractivity (Wildman–Crippen MR) is 138 cm³/mol. The van der Waals surface area contributed by atoms with E-state index in [1.807, 2.05) is 0 Å². The van der Waals surface area contributed by atoms with E-state index < -0.39 is 0 Å². The van der Waals surface area contributed by atoms with Crippen molar-refractivity contribution in [3.8, 4) is 22.3 Å². The van der Waals surface area contributed by atoms with Gasteiger partial charge in [0.1, 0.15) is 0 Å². The molecule has 0 radical (unpaired) electrons. The van der Waals surface area contributed by atoms with Crippen molar-refractivity contribution in [2.45, 2.75) is 5.92 Å². The molecular weight excluding hydrogens is 396 g/mol. The SMILES string of the molecule is c1ccc(C2=C3c4ccccc4-c4ccccc4C2c2ccccc2-c2ccccc23)cc1. The minimum absolute atomic E-state index is 0.148. The molecule has 0 nitrogen and oxygen atoms in total. The van der Waals surface area contributed by atoms with Crippen LogP contribution in [0.2, 0.25) is 0 Å². The summed E-state index contributed by atoms with van der Waals surface area (Å²) in [4.78, 5) is 0. The van der Waals surface area contributed by atoms with Gasteiger partial charge >= 0.3 is 0 Å². The Morgan fingerprint density at radius 2 is 0.727 bits per heavy atom. The molecule has 0 amide bonds. The number of allylic oxidation sites excluding steroid dienone is 1. The summed E-state index contributed by atoms with van der Waals surface area (Å²) in [5.41, 5.74) is 14.7. The highest BCUT2D eigenvalue weighted by Gasteiger charge is 2.35. The lowest BCUT2D eigenvalue weighted by molar-refractivity contribution is 1.06. The van der Waals surface area contributed by atoms with E-state index in [2.05, 4.69) is 127 Å². The van der Waals surface area contributed by atoms with E-state index in [1.165, 1.54) is 61.2 Å². The molecule has 5 aromatic rings. The van der Waals surface area contributed by atoms with Gasteiger partial charge in [0.15, 0.2) is 0 Å². The number of hydrogen-bond acceptors (Lipinski definition) is 0. The first-order chi connectivity index (χ1) is 16.4. The van der Waals surface area contributed by atoms with E-state index in [1.54, 1.807) is 0 Å². The Kier molecular flexibility index (Phi) is 4.01. The minimum atomic E-state index is 0.148. The summed E-state index contributed by atoms with van der Waals surface area (Å²) in [6.45, 7) is 0. The van der Waals surface area contributed by atoms with Crippen molar-refractivity contribution in [3.05, 3.63) is 155 Å². The first-order valence-electron chi connectivity index (χ1n) is 11.6. The van der Waals surface area contributed by atoms with Gasteiger partial charge in [-0.15, -0.1) is 0 Å². The lowest BCUT2D eigenvalue weighted by Crippen LogP contribution is -2.06. The van der Waals surface area contributed by atoms with Crippen molar-refractivity contribution in [1.82, 2.24) is 0 Å². The van der Waals surface area contributed by atoms with Gasteiger partial charge in [-0.3, -0.25) is 0 Å². The van der Waals surface area contributed by atoms with Gasteiger partial charge in [0.05, 0.1) is 0 Å². The largest absolute Gasteiger partial charge is 0.0622 e. The zero-order valence-electron chi connectivity index (χ0n) is 18.2. The molecule has 2 aliphatic rings. The van der Waals surface area contributed by atoms with Gasteiger partial charge in [0.2, 0.25) is 0 Å². The van der Waals surface area contributed by atoms with Gasteiger partial charge in [-0.1, -0.05) is 127 Å². The Bertz CT molecular complexity index is 1460. The molecule has 5 aromatic carbocycles. The summed E-state index contributed by atoms with van der Waals surface area (Å²) in [6.07, 6.45) is 0. The summed E-state index contributed by atoms with van der Waals surface area (Å²) < 4.78 is 0. The summed E-state index contributed by atoms with van der Waals surface area (Å²) >= 11 is 0. The van der Waals surface area contributed by atoms with Crippen LogP contribution >= 0.6 is 0 Å². The lowest BCUT2D eigenvalue weighted by Gasteiger charge is -2.24. The van der Waals surface area contributed by atoms with Crippen molar-refractivity contribution < 1.29 is 0 Å². The highest BCUT2D eigenvalue weighted by Crippen LogP contribution is 2.56. The molecule has 0 saturated carbocycles. The van der Waals surface area contributed by atoms with Crippen molar-refractivity contribution >= 4 is 11.1 Å². The van der Waals surface area contributed by atoms with E-state index in [9.17, 15) is 0 Å². The molecule has 154 valence electrons. The summed E-state index contributed by atoms with van der Waals surface area (Å²) in [5.74, 6) is 0.148. The Labute approximate surface area is 194 Å². The summed E-state index contributed by atoms with van der Waals surface area (Å²) in [6, 6.07) is 46.8. The monoisotopic (exact) mass is 418 g/mol. The first-order valence-corrected chi connectivity index (χ1v) is 11.6. The predicted octanol–water partition coefficient (Wildman–Crippen LogP) is 8.44. The van der Waals surface area contributed by atoms with Crippen LogP contribution in [0, 0.1) is 0 Å². The average Bonchev–Trinajstić information content (AvgIpc) is 3.10. The fourth-order valence-corrected chi connectivity index (χ4v) is 5.85. The fraction of sp³-hybridized carbons (Fsp3) is 0.0303. The smallest absolute Gasteiger partial charge is 0.0364 e. The molecule has 0 N–H and O–H groups in total. The van der Waals surface area contributed by atoms with Crippen LogP contribution in [0.1, 0.15) is 33.7 Å². The highest BCUT2D eigenvalue weighted by molar-refractivity contribution is 6.11. The summed E-state index contributed by atoms with van der Waals surface area (Å²) in [7, 11) is 0. The van der Waals surface area contributed by atoms with Gasteiger partial charge in [-0.05, 0) is 61.2 Å². The number of benzene rings is 5. The second-order valence-corrected chi connectivity index (χ2v) is 8.85. The number of hydrogen-bond donors (Lipinski definition) is 0. The Balaban J connectivity index is 1.76. The van der Waals surface area contributed by atoms with Crippen LogP contribution in [0.4, 0.5) is 0 Å². The molecule has 2 aliphatic carbocycles. The Morgan fingerprint density at radius 3 is 1.24 bits per heavy atom. The molecule has 0 atom stereocenters. The molecule has 7 rings (SSSR count). The highest BCUT2D eigenvalue weighted by atomic mass is 14.4. The topological polar surface area (TPSA) is 0 Å². The second kappa shape index (κ2) is 7.18. The van der Waals surface area contributed by atoms with Crippen LogP contribution in [0.25, 0.3) is 33.4 Å². The third kappa shape index (κ3) is 2.64. The maximum atomic E-state index is 2.33. The average molecular weight is 419 g/mol. The van der Waals surface area contributed by atoms with Gasteiger partial charge in [0, 0.05) is 5.92 Å². The normalized spacial score (nSPS) is 13.8. The standard InChI is InChI=1S/C33H22/c1-2-12-22(13-3-1)31-32-27-18-8-4-14-23(27)24-15-5-9-19-28(24)33(31)30-21-11-7-17-26(30)25-16-6-10-20-29(25)32/h1-21,32H. The zero-order chi connectivity index (χ0) is 21.8. The molecule has 0 aliphatic heterocycles. The second-order valence-electron chi connectivity index (χ2n) is 8.85. The van der Waals surface area contributed by atoms with Gasteiger partial charge < -0.3 is 0 Å². The number of fused-ring (bicyclic) bond motifs is 11. The van der Waals surface area contributed by atoms with Crippen LogP contribution in [0.5, 0.6) is 0 Å². The molecule has 2 bridgehead atoms. The zero-order valence-corrected chi connectivity index (χ0v) is 18.2. The van der Waals surface area contributed by atoms with Gasteiger partial charge in [0.25, 0.3) is 0 Å². The third-order valence-electron chi connectivity index (χ3n) is 7.16. The van der Waals surface area contributed by atoms with Crippen molar-refractivity contribution in [3.63, 3.8) is 0 Å². The quantitative estimate of drug-likeness (QED) is 0.256. The molecule has 0 heterocycles. The van der Waals surface area contributed by atoms with E-state index in [-0.39, 0.29) is 5.92 Å². The van der Waals surface area contributed by atoms with Crippen LogP contribution in [-0.4, -0.2) is 0 Å². The maximum absolute atomic E-state index is 2.33. The van der Waals surface area contributed by atoms with Gasteiger partial charge in [-0.2, -0.15) is 0 Å². The molecule has 0 unspecified atom stereocenters. The Morgan fingerprint density at radius 1 is 0.333 bits per heavy atom. The van der Waals surface area contributed by atoms with Crippen LogP contribution < -0.4 is 0 Å². The van der Waals surface area contributed by atoms with E-state index >= 15 is 0 Å². The van der Waals surface area contributed by atoms with Crippen LogP contribution in [0.3, 0.4) is 0 Å². The van der Waals surface area contributed by atoms with Crippen LogP contribution in [-0.2, 0) is 0 Å². The van der Waals surface area contributed by atoms with Crippen molar-refractivity contribution in [2.75, 3.05) is 0 Å². The summed E-state index contributed by atoms with van der Waals surface area (Å²) in [5, 5.41) is 0. The maximum Gasteiger partial charge on any atom is 0.0364 e. The van der Waals surface area contributed by atoms with Crippen molar-refractivity contribution in [1.29, 1.82) is 0 Å². The fourth-order valence-electron chi connectivity index (χ4n) is 5.85. The third-order valence-corrected chi connectivity index (χ3v) is 7.16. The lowest BCUT2D eigenvalue weighted by atomic mass is 9.78. The molecule has 0 spiro atoms. The van der Waals surface area contributed by atoms with Crippen LogP contribution in [0.15, 0.2) is 127 Å². The Hall–Kier alpha value is -4.16. The molecule has 33 heavy (non-hydrogen) atoms. The van der Waals surface area contributed by atoms with E-state index in [0.717, 1.165) is 0 Å². The molecular formula is C33H22. The minimum Gasteiger partial charge on any atom is -0.0622 e. The molecule has 0 fully saturated rings. The van der Waals surface area contributed by atoms with Gasteiger partial charge in [-0.25, -0.2) is 0 Å². The first kappa shape index (κ1) is 18.4. The van der Waals surface area contributed by atoms with Crippen molar-refractivity contribution in [2.24, 2.45) is 0 Å². The number of rotatable bonds is 1.